The minimum absolute atomic E-state index is 0.0377. The van der Waals surface area contributed by atoms with Gasteiger partial charge in [-0.15, -0.1) is 0 Å². The highest BCUT2D eigenvalue weighted by molar-refractivity contribution is 5.71. The zero-order valence-corrected chi connectivity index (χ0v) is 13.3. The molecule has 1 aliphatic heterocycles. The van der Waals surface area contributed by atoms with Gasteiger partial charge in [-0.2, -0.15) is 10.2 Å². The van der Waals surface area contributed by atoms with Crippen LogP contribution < -0.4 is 5.32 Å². The third kappa shape index (κ3) is 2.97. The molecule has 3 aromatic rings. The summed E-state index contributed by atoms with van der Waals surface area (Å²) < 4.78 is 32.9. The summed E-state index contributed by atoms with van der Waals surface area (Å²) in [6.07, 6.45) is 4.59. The molecule has 0 aliphatic carbocycles. The summed E-state index contributed by atoms with van der Waals surface area (Å²) in [5.74, 6) is -1.27. The Kier molecular flexibility index (Phi) is 4.00. The maximum Gasteiger partial charge on any atom is 0.408 e. The number of aromatic nitrogens is 3. The molecule has 1 saturated heterocycles. The summed E-state index contributed by atoms with van der Waals surface area (Å²) in [6.45, 7) is 0. The normalized spacial score (nSPS) is 19.1. The second-order valence-corrected chi connectivity index (χ2v) is 5.75. The second kappa shape index (κ2) is 6.47. The molecule has 1 fully saturated rings. The van der Waals surface area contributed by atoms with Crippen molar-refractivity contribution in [2.75, 3.05) is 0 Å². The Morgan fingerprint density at radius 1 is 1.00 bits per heavy atom. The van der Waals surface area contributed by atoms with Gasteiger partial charge in [0, 0.05) is 29.1 Å². The number of hydrogen-bond acceptors (Lipinski definition) is 5. The maximum absolute atomic E-state index is 14.2. The topological polar surface area (TPSA) is 77.0 Å². The summed E-state index contributed by atoms with van der Waals surface area (Å²) in [4.78, 5) is 15.9. The number of hydrogen-bond donors (Lipinski definition) is 1. The predicted molar refractivity (Wildman–Crippen MR) is 86.7 cm³/mol. The molecule has 6 nitrogen and oxygen atoms in total. The lowest BCUT2D eigenvalue weighted by molar-refractivity contribution is 0.130. The zero-order valence-electron chi connectivity index (χ0n) is 13.3. The molecule has 3 heterocycles. The van der Waals surface area contributed by atoms with E-state index in [1.807, 2.05) is 0 Å². The SMILES string of the molecule is O=C1N[C@H](c2cncc(-c3ccnnc3)c2)C(c2cc(F)ccc2F)O1. The van der Waals surface area contributed by atoms with Crippen molar-refractivity contribution in [2.24, 2.45) is 0 Å². The van der Waals surface area contributed by atoms with Crippen LogP contribution in [-0.2, 0) is 4.74 Å². The molecule has 1 aromatic carbocycles. The lowest BCUT2D eigenvalue weighted by Crippen LogP contribution is -2.20. The van der Waals surface area contributed by atoms with Crippen molar-refractivity contribution in [3.05, 3.63) is 77.9 Å². The summed E-state index contributed by atoms with van der Waals surface area (Å²) in [5, 5.41) is 10.2. The number of pyridine rings is 1. The number of carbonyl (C=O) groups excluding carboxylic acids is 1. The van der Waals surface area contributed by atoms with Crippen molar-refractivity contribution in [1.29, 1.82) is 0 Å². The molecule has 4 rings (SSSR count). The molecule has 2 aromatic heterocycles. The molecule has 26 heavy (non-hydrogen) atoms. The number of nitrogens with zero attached hydrogens (tertiary/aromatic N) is 3. The summed E-state index contributed by atoms with van der Waals surface area (Å²) in [7, 11) is 0. The summed E-state index contributed by atoms with van der Waals surface area (Å²) in [5.41, 5.74) is 2.09. The molecule has 0 spiro atoms. The summed E-state index contributed by atoms with van der Waals surface area (Å²) in [6, 6.07) is 5.88. The van der Waals surface area contributed by atoms with E-state index in [9.17, 15) is 13.6 Å². The fourth-order valence-electron chi connectivity index (χ4n) is 2.90. The van der Waals surface area contributed by atoms with E-state index in [4.69, 9.17) is 4.74 Å². The number of benzene rings is 1. The van der Waals surface area contributed by atoms with E-state index < -0.39 is 29.9 Å². The number of ether oxygens (including phenoxy) is 1. The lowest BCUT2D eigenvalue weighted by atomic mass is 9.95. The Hall–Kier alpha value is -3.42. The monoisotopic (exact) mass is 354 g/mol. The molecule has 130 valence electrons. The van der Waals surface area contributed by atoms with E-state index in [1.165, 1.54) is 0 Å². The second-order valence-electron chi connectivity index (χ2n) is 5.75. The molecule has 1 aliphatic rings. The van der Waals surface area contributed by atoms with Crippen molar-refractivity contribution >= 4 is 6.09 Å². The average molecular weight is 354 g/mol. The number of rotatable bonds is 3. The van der Waals surface area contributed by atoms with Gasteiger partial charge < -0.3 is 10.1 Å². The number of nitrogens with one attached hydrogen (secondary N) is 1. The van der Waals surface area contributed by atoms with E-state index in [0.717, 1.165) is 29.3 Å². The van der Waals surface area contributed by atoms with Crippen LogP contribution in [0.15, 0.2) is 55.1 Å². The van der Waals surface area contributed by atoms with Gasteiger partial charge in [0.1, 0.15) is 17.7 Å². The average Bonchev–Trinajstić information content (AvgIpc) is 3.06. The zero-order chi connectivity index (χ0) is 18.1. The molecule has 1 N–H and O–H groups in total. The minimum atomic E-state index is -1.01. The van der Waals surface area contributed by atoms with Crippen LogP contribution in [0.1, 0.15) is 23.3 Å². The number of alkyl carbamates (subject to hydrolysis) is 1. The van der Waals surface area contributed by atoms with Gasteiger partial charge in [0.2, 0.25) is 0 Å². The van der Waals surface area contributed by atoms with Crippen molar-refractivity contribution in [3.8, 4) is 11.1 Å². The molecule has 0 saturated carbocycles. The molecule has 1 unspecified atom stereocenters. The van der Waals surface area contributed by atoms with Crippen molar-refractivity contribution in [2.45, 2.75) is 12.1 Å². The first kappa shape index (κ1) is 16.1. The van der Waals surface area contributed by atoms with E-state index in [1.54, 1.807) is 36.9 Å². The smallest absolute Gasteiger partial charge is 0.408 e. The number of halogens is 2. The van der Waals surface area contributed by atoms with Crippen LogP contribution >= 0.6 is 0 Å². The van der Waals surface area contributed by atoms with E-state index in [-0.39, 0.29) is 5.56 Å². The van der Waals surface area contributed by atoms with Crippen molar-refractivity contribution in [1.82, 2.24) is 20.5 Å². The Balaban J connectivity index is 1.74. The first-order valence-electron chi connectivity index (χ1n) is 7.76. The molecule has 1 amide bonds. The molecule has 0 bridgehead atoms. The van der Waals surface area contributed by atoms with Crippen LogP contribution in [0.4, 0.5) is 13.6 Å². The predicted octanol–water partition coefficient (Wildman–Crippen LogP) is 3.34. The van der Waals surface area contributed by atoms with E-state index >= 15 is 0 Å². The van der Waals surface area contributed by atoms with E-state index in [2.05, 4.69) is 20.5 Å². The van der Waals surface area contributed by atoms with Crippen LogP contribution in [0.25, 0.3) is 11.1 Å². The quantitative estimate of drug-likeness (QED) is 0.781. The largest absolute Gasteiger partial charge is 0.439 e. The highest BCUT2D eigenvalue weighted by Crippen LogP contribution is 2.38. The van der Waals surface area contributed by atoms with Gasteiger partial charge in [-0.25, -0.2) is 13.6 Å². The highest BCUT2D eigenvalue weighted by Gasteiger charge is 2.38. The lowest BCUT2D eigenvalue weighted by Gasteiger charge is -2.18. The first-order valence-corrected chi connectivity index (χ1v) is 7.76. The molecule has 0 radical (unpaired) electrons. The first-order chi connectivity index (χ1) is 12.6. The molecule has 8 heteroatoms. The van der Waals surface area contributed by atoms with Crippen molar-refractivity contribution < 1.29 is 18.3 Å². The fraction of sp³-hybridized carbons (Fsp3) is 0.111. The third-order valence-electron chi connectivity index (χ3n) is 4.11. The van der Waals surface area contributed by atoms with Crippen molar-refractivity contribution in [3.63, 3.8) is 0 Å². The fourth-order valence-corrected chi connectivity index (χ4v) is 2.90. The Labute approximate surface area is 146 Å². The van der Waals surface area contributed by atoms with Crippen LogP contribution in [0.5, 0.6) is 0 Å². The Bertz CT molecular complexity index is 968. The summed E-state index contributed by atoms with van der Waals surface area (Å²) >= 11 is 0. The van der Waals surface area contributed by atoms with Crippen LogP contribution in [0.2, 0.25) is 0 Å². The standard InChI is InChI=1S/C18H12F2N4O2/c19-13-1-2-15(20)14(6-13)17-16(24-18(25)26-17)12-5-11(7-21-8-12)10-3-4-22-23-9-10/h1-9,16-17H,(H,24,25)/t16-,17?/m1/s1. The van der Waals surface area contributed by atoms with Gasteiger partial charge in [-0.1, -0.05) is 0 Å². The third-order valence-corrected chi connectivity index (χ3v) is 4.11. The Morgan fingerprint density at radius 3 is 2.69 bits per heavy atom. The molecular weight excluding hydrogens is 342 g/mol. The van der Waals surface area contributed by atoms with E-state index in [0.29, 0.717) is 5.56 Å². The van der Waals surface area contributed by atoms with Crippen LogP contribution in [-0.4, -0.2) is 21.3 Å². The van der Waals surface area contributed by atoms with Gasteiger partial charge >= 0.3 is 6.09 Å². The number of cyclic esters (lactones) is 1. The number of carbonyl (C=O) groups is 1. The van der Waals surface area contributed by atoms with Gasteiger partial charge in [-0.3, -0.25) is 4.98 Å². The number of amides is 1. The maximum atomic E-state index is 14.2. The van der Waals surface area contributed by atoms with Gasteiger partial charge in [0.05, 0.1) is 12.4 Å². The Morgan fingerprint density at radius 2 is 1.88 bits per heavy atom. The van der Waals surface area contributed by atoms with Crippen LogP contribution in [0, 0.1) is 11.6 Å². The minimum Gasteiger partial charge on any atom is -0.439 e. The van der Waals surface area contributed by atoms with Gasteiger partial charge in [0.25, 0.3) is 0 Å². The van der Waals surface area contributed by atoms with Gasteiger partial charge in [-0.05, 0) is 35.9 Å². The van der Waals surface area contributed by atoms with Crippen LogP contribution in [0.3, 0.4) is 0 Å². The molecular formula is C18H12F2N4O2. The van der Waals surface area contributed by atoms with Gasteiger partial charge in [0.15, 0.2) is 6.10 Å². The highest BCUT2D eigenvalue weighted by atomic mass is 19.1. The molecule has 2 atom stereocenters.